The van der Waals surface area contributed by atoms with E-state index in [0.29, 0.717) is 17.2 Å². The zero-order chi connectivity index (χ0) is 17.5. The van der Waals surface area contributed by atoms with Gasteiger partial charge in [0, 0.05) is 6.07 Å². The molecule has 0 fully saturated rings. The minimum Gasteiger partial charge on any atom is -0.497 e. The Bertz CT molecular complexity index is 680. The van der Waals surface area contributed by atoms with Gasteiger partial charge in [-0.1, -0.05) is 12.1 Å². The molecular formula is C19H23NO4. The summed E-state index contributed by atoms with van der Waals surface area (Å²) in [4.78, 5) is 12.2. The smallest absolute Gasteiger partial charge is 0.228 e. The topological polar surface area (TPSA) is 56.8 Å². The van der Waals surface area contributed by atoms with Crippen molar-refractivity contribution in [1.29, 1.82) is 0 Å². The lowest BCUT2D eigenvalue weighted by molar-refractivity contribution is -0.115. The number of carbonyl (C=O) groups is 1. The summed E-state index contributed by atoms with van der Waals surface area (Å²) in [5.74, 6) is 1.91. The van der Waals surface area contributed by atoms with Gasteiger partial charge in [0.15, 0.2) is 0 Å². The fraction of sp³-hybridized carbons (Fsp3) is 0.316. The number of methoxy groups -OCH3 is 2. The molecule has 2 rings (SSSR count). The van der Waals surface area contributed by atoms with Crippen LogP contribution in [0.2, 0.25) is 0 Å². The summed E-state index contributed by atoms with van der Waals surface area (Å²) in [7, 11) is 3.14. The molecule has 0 saturated carbocycles. The lowest BCUT2D eigenvalue weighted by atomic mass is 10.1. The highest BCUT2D eigenvalue weighted by molar-refractivity contribution is 5.93. The third-order valence-electron chi connectivity index (χ3n) is 3.34. The van der Waals surface area contributed by atoms with Crippen LogP contribution in [0.15, 0.2) is 42.5 Å². The fourth-order valence-corrected chi connectivity index (χ4v) is 2.24. The van der Waals surface area contributed by atoms with Crippen molar-refractivity contribution in [2.45, 2.75) is 26.4 Å². The number of ether oxygens (including phenoxy) is 3. The Balaban J connectivity index is 2.00. The number of nitrogens with one attached hydrogen (secondary N) is 1. The van der Waals surface area contributed by atoms with Crippen molar-refractivity contribution in [2.24, 2.45) is 0 Å². The highest BCUT2D eigenvalue weighted by Gasteiger charge is 2.10. The van der Waals surface area contributed by atoms with E-state index >= 15 is 0 Å². The van der Waals surface area contributed by atoms with Crippen molar-refractivity contribution in [2.75, 3.05) is 19.5 Å². The summed E-state index contributed by atoms with van der Waals surface area (Å²) in [6.07, 6.45) is 0.402. The molecule has 2 aromatic rings. The highest BCUT2D eigenvalue weighted by atomic mass is 16.5. The van der Waals surface area contributed by atoms with E-state index in [1.54, 1.807) is 32.4 Å². The van der Waals surface area contributed by atoms with Gasteiger partial charge in [0.2, 0.25) is 5.91 Å². The van der Waals surface area contributed by atoms with Gasteiger partial charge in [0.1, 0.15) is 17.2 Å². The molecule has 2 aromatic carbocycles. The summed E-state index contributed by atoms with van der Waals surface area (Å²) in [5, 5.41) is 2.86. The van der Waals surface area contributed by atoms with Crippen LogP contribution in [-0.4, -0.2) is 26.2 Å². The number of rotatable bonds is 7. The average molecular weight is 329 g/mol. The second-order valence-corrected chi connectivity index (χ2v) is 5.60. The molecule has 0 unspecified atom stereocenters. The summed E-state index contributed by atoms with van der Waals surface area (Å²) in [6, 6.07) is 12.8. The third kappa shape index (κ3) is 4.91. The zero-order valence-electron chi connectivity index (χ0n) is 14.5. The Morgan fingerprint density at radius 3 is 2.25 bits per heavy atom. The van der Waals surface area contributed by atoms with Gasteiger partial charge in [0.25, 0.3) is 0 Å². The fourth-order valence-electron chi connectivity index (χ4n) is 2.24. The van der Waals surface area contributed by atoms with Crippen molar-refractivity contribution in [1.82, 2.24) is 0 Å². The second-order valence-electron chi connectivity index (χ2n) is 5.60. The predicted octanol–water partition coefficient (Wildman–Crippen LogP) is 3.67. The standard InChI is InChI=1S/C19H23NO4/c1-13(2)24-15-7-5-14(6-8-15)11-19(21)20-17-10-9-16(22-3)12-18(17)23-4/h5-10,12-13H,11H2,1-4H3,(H,20,21). The van der Waals surface area contributed by atoms with E-state index in [-0.39, 0.29) is 18.4 Å². The quantitative estimate of drug-likeness (QED) is 0.842. The molecular weight excluding hydrogens is 306 g/mol. The molecule has 0 aromatic heterocycles. The van der Waals surface area contributed by atoms with E-state index in [0.717, 1.165) is 11.3 Å². The molecule has 0 heterocycles. The molecule has 5 heteroatoms. The van der Waals surface area contributed by atoms with E-state index < -0.39 is 0 Å². The molecule has 0 radical (unpaired) electrons. The van der Waals surface area contributed by atoms with E-state index in [1.165, 1.54) is 0 Å². The number of hydrogen-bond acceptors (Lipinski definition) is 4. The minimum atomic E-state index is -0.115. The third-order valence-corrected chi connectivity index (χ3v) is 3.34. The molecule has 0 aliphatic heterocycles. The first-order chi connectivity index (χ1) is 11.5. The molecule has 0 atom stereocenters. The normalized spacial score (nSPS) is 10.4. The first kappa shape index (κ1) is 17.7. The van der Waals surface area contributed by atoms with Crippen LogP contribution in [0.1, 0.15) is 19.4 Å². The molecule has 1 amide bonds. The second kappa shape index (κ2) is 8.24. The van der Waals surface area contributed by atoms with Gasteiger partial charge >= 0.3 is 0 Å². The van der Waals surface area contributed by atoms with Gasteiger partial charge in [0.05, 0.1) is 32.4 Å². The number of benzene rings is 2. The number of carbonyl (C=O) groups excluding carboxylic acids is 1. The Kier molecular flexibility index (Phi) is 6.07. The molecule has 1 N–H and O–H groups in total. The molecule has 0 saturated heterocycles. The monoisotopic (exact) mass is 329 g/mol. The van der Waals surface area contributed by atoms with Crippen LogP contribution >= 0.6 is 0 Å². The number of amides is 1. The summed E-state index contributed by atoms with van der Waals surface area (Å²) >= 11 is 0. The van der Waals surface area contributed by atoms with Crippen LogP contribution in [0.4, 0.5) is 5.69 Å². The van der Waals surface area contributed by atoms with Crippen LogP contribution in [0.25, 0.3) is 0 Å². The maximum atomic E-state index is 12.2. The van der Waals surface area contributed by atoms with Crippen molar-refractivity contribution < 1.29 is 19.0 Å². The van der Waals surface area contributed by atoms with Crippen molar-refractivity contribution in [3.05, 3.63) is 48.0 Å². The highest BCUT2D eigenvalue weighted by Crippen LogP contribution is 2.29. The van der Waals surface area contributed by atoms with Crippen molar-refractivity contribution in [3.63, 3.8) is 0 Å². The molecule has 5 nitrogen and oxygen atoms in total. The number of anilines is 1. The van der Waals surface area contributed by atoms with Gasteiger partial charge in [-0.25, -0.2) is 0 Å². The Labute approximate surface area is 142 Å². The van der Waals surface area contributed by atoms with Crippen LogP contribution in [0.5, 0.6) is 17.2 Å². The SMILES string of the molecule is COc1ccc(NC(=O)Cc2ccc(OC(C)C)cc2)c(OC)c1. The molecule has 0 aliphatic carbocycles. The van der Waals surface area contributed by atoms with E-state index in [9.17, 15) is 4.79 Å². The van der Waals surface area contributed by atoms with Gasteiger partial charge in [-0.15, -0.1) is 0 Å². The predicted molar refractivity (Wildman–Crippen MR) is 94.1 cm³/mol. The average Bonchev–Trinajstić information content (AvgIpc) is 2.56. The maximum absolute atomic E-state index is 12.2. The maximum Gasteiger partial charge on any atom is 0.228 e. The minimum absolute atomic E-state index is 0.115. The lowest BCUT2D eigenvalue weighted by Gasteiger charge is -2.12. The molecule has 24 heavy (non-hydrogen) atoms. The van der Waals surface area contributed by atoms with Crippen LogP contribution < -0.4 is 19.5 Å². The summed E-state index contributed by atoms with van der Waals surface area (Å²) < 4.78 is 16.0. The first-order valence-electron chi connectivity index (χ1n) is 7.79. The molecule has 0 bridgehead atoms. The number of hydrogen-bond donors (Lipinski definition) is 1. The largest absolute Gasteiger partial charge is 0.497 e. The summed E-state index contributed by atoms with van der Waals surface area (Å²) in [6.45, 7) is 3.95. The van der Waals surface area contributed by atoms with E-state index in [2.05, 4.69) is 5.32 Å². The zero-order valence-corrected chi connectivity index (χ0v) is 14.5. The van der Waals surface area contributed by atoms with Gasteiger partial charge < -0.3 is 19.5 Å². The molecule has 0 aliphatic rings. The van der Waals surface area contributed by atoms with Gasteiger partial charge in [-0.3, -0.25) is 4.79 Å². The van der Waals surface area contributed by atoms with E-state index in [4.69, 9.17) is 14.2 Å². The Morgan fingerprint density at radius 1 is 1.00 bits per heavy atom. The van der Waals surface area contributed by atoms with Crippen molar-refractivity contribution in [3.8, 4) is 17.2 Å². The summed E-state index contributed by atoms with van der Waals surface area (Å²) in [5.41, 5.74) is 1.53. The van der Waals surface area contributed by atoms with Crippen LogP contribution in [-0.2, 0) is 11.2 Å². The Hall–Kier alpha value is -2.69. The lowest BCUT2D eigenvalue weighted by Crippen LogP contribution is -2.15. The Morgan fingerprint density at radius 2 is 1.67 bits per heavy atom. The van der Waals surface area contributed by atoms with E-state index in [1.807, 2.05) is 38.1 Å². The van der Waals surface area contributed by atoms with Gasteiger partial charge in [-0.05, 0) is 43.7 Å². The van der Waals surface area contributed by atoms with Crippen LogP contribution in [0, 0.1) is 0 Å². The van der Waals surface area contributed by atoms with Crippen LogP contribution in [0.3, 0.4) is 0 Å². The van der Waals surface area contributed by atoms with Gasteiger partial charge in [-0.2, -0.15) is 0 Å². The van der Waals surface area contributed by atoms with Crippen molar-refractivity contribution >= 4 is 11.6 Å². The first-order valence-corrected chi connectivity index (χ1v) is 7.79. The molecule has 0 spiro atoms. The molecule has 128 valence electrons.